The van der Waals surface area contributed by atoms with E-state index in [4.69, 9.17) is 16.3 Å². The first-order chi connectivity index (χ1) is 12.9. The lowest BCUT2D eigenvalue weighted by atomic mass is 10.1. The van der Waals surface area contributed by atoms with Crippen molar-refractivity contribution in [2.24, 2.45) is 0 Å². The van der Waals surface area contributed by atoms with E-state index in [-0.39, 0.29) is 18.2 Å². The predicted octanol–water partition coefficient (Wildman–Crippen LogP) is 3.50. The van der Waals surface area contributed by atoms with Gasteiger partial charge in [-0.3, -0.25) is 4.79 Å². The maximum atomic E-state index is 12.8. The van der Waals surface area contributed by atoms with Gasteiger partial charge in [0.05, 0.1) is 11.0 Å². The van der Waals surface area contributed by atoms with Crippen molar-refractivity contribution in [1.29, 1.82) is 0 Å². The maximum Gasteiger partial charge on any atom is 0.263 e. The largest absolute Gasteiger partial charge is 0.481 e. The minimum absolute atomic E-state index is 0.0906. The van der Waals surface area contributed by atoms with Crippen LogP contribution in [0.25, 0.3) is 0 Å². The summed E-state index contributed by atoms with van der Waals surface area (Å²) in [5.74, 6) is 0.302. The highest BCUT2D eigenvalue weighted by Crippen LogP contribution is 2.34. The fourth-order valence-corrected chi connectivity index (χ4v) is 5.41. The van der Waals surface area contributed by atoms with Gasteiger partial charge in [0.1, 0.15) is 5.75 Å². The van der Waals surface area contributed by atoms with Gasteiger partial charge >= 0.3 is 0 Å². The molecule has 2 aromatic rings. The average Bonchev–Trinajstić information content (AvgIpc) is 2.80. The molecule has 0 unspecified atom stereocenters. The molecule has 3 rings (SSSR count). The lowest BCUT2D eigenvalue weighted by Crippen LogP contribution is -2.41. The Balaban J connectivity index is 1.73. The number of benzene rings is 2. The molecule has 1 heterocycles. The first-order valence-electron chi connectivity index (χ1n) is 8.85. The molecule has 1 aliphatic heterocycles. The molecular weight excluding hydrogens is 386 g/mol. The van der Waals surface area contributed by atoms with Crippen LogP contribution in [0.3, 0.4) is 0 Å². The van der Waals surface area contributed by atoms with Crippen LogP contribution in [0.15, 0.2) is 54.6 Å². The van der Waals surface area contributed by atoms with Crippen molar-refractivity contribution in [3.05, 3.63) is 65.2 Å². The summed E-state index contributed by atoms with van der Waals surface area (Å²) in [5, 5.41) is -0.263. The van der Waals surface area contributed by atoms with Gasteiger partial charge in [0.25, 0.3) is 5.91 Å². The third kappa shape index (κ3) is 4.62. The fourth-order valence-electron chi connectivity index (χ4n) is 3.26. The summed E-state index contributed by atoms with van der Waals surface area (Å²) in [6.07, 6.45) is -0.373. The van der Waals surface area contributed by atoms with Gasteiger partial charge in [-0.2, -0.15) is 0 Å². The van der Waals surface area contributed by atoms with Gasteiger partial charge in [0.15, 0.2) is 15.9 Å². The minimum atomic E-state index is -3.41. The van der Waals surface area contributed by atoms with Crippen molar-refractivity contribution < 1.29 is 17.9 Å². The normalized spacial score (nSPS) is 20.5. The zero-order valence-electron chi connectivity index (χ0n) is 15.0. The lowest BCUT2D eigenvalue weighted by Gasteiger charge is -2.24. The van der Waals surface area contributed by atoms with E-state index in [0.29, 0.717) is 29.3 Å². The van der Waals surface area contributed by atoms with E-state index >= 15 is 0 Å². The number of hydrogen-bond donors (Lipinski definition) is 0. The van der Waals surface area contributed by atoms with E-state index < -0.39 is 21.2 Å². The van der Waals surface area contributed by atoms with Crippen molar-refractivity contribution in [3.63, 3.8) is 0 Å². The molecule has 1 saturated heterocycles. The van der Waals surface area contributed by atoms with Crippen LogP contribution in [0.4, 0.5) is 0 Å². The van der Waals surface area contributed by atoms with Gasteiger partial charge in [0.2, 0.25) is 0 Å². The molecule has 2 aromatic carbocycles. The van der Waals surface area contributed by atoms with Gasteiger partial charge in [-0.15, -0.1) is 0 Å². The molecule has 5 nitrogen and oxygen atoms in total. The Morgan fingerprint density at radius 2 is 1.78 bits per heavy atom. The van der Waals surface area contributed by atoms with E-state index in [1.165, 1.54) is 0 Å². The molecule has 144 valence electrons. The van der Waals surface area contributed by atoms with Gasteiger partial charge < -0.3 is 9.64 Å². The summed E-state index contributed by atoms with van der Waals surface area (Å²) in [4.78, 5) is 14.3. The topological polar surface area (TPSA) is 63.7 Å². The van der Waals surface area contributed by atoms with Crippen LogP contribution in [-0.4, -0.2) is 44.2 Å². The molecule has 0 bridgehead atoms. The molecular formula is C20H22ClNO4S. The Labute approximate surface area is 164 Å². The summed E-state index contributed by atoms with van der Waals surface area (Å²) in [5.41, 5.74) is 0.599. The number of para-hydroxylation sites is 1. The number of nitrogens with zero attached hydrogens (tertiary/aromatic N) is 1. The van der Waals surface area contributed by atoms with Crippen LogP contribution in [0.5, 0.6) is 5.75 Å². The number of sulfone groups is 1. The Kier molecular flexibility index (Phi) is 6.07. The van der Waals surface area contributed by atoms with Gasteiger partial charge in [-0.05, 0) is 37.1 Å². The van der Waals surface area contributed by atoms with Crippen molar-refractivity contribution in [2.45, 2.75) is 24.7 Å². The number of carbonyl (C=O) groups excluding carboxylic acids is 1. The average molecular weight is 408 g/mol. The van der Waals surface area contributed by atoms with Crippen molar-refractivity contribution in [2.75, 3.05) is 18.8 Å². The molecule has 0 saturated carbocycles. The van der Waals surface area contributed by atoms with Crippen molar-refractivity contribution in [1.82, 2.24) is 4.90 Å². The number of amides is 1. The fraction of sp³-hybridized carbons (Fsp3) is 0.350. The summed E-state index contributed by atoms with van der Waals surface area (Å²) in [6, 6.07) is 16.1. The van der Waals surface area contributed by atoms with Crippen molar-refractivity contribution in [3.8, 4) is 5.75 Å². The molecule has 2 atom stereocenters. The molecule has 7 heteroatoms. The highest BCUT2D eigenvalue weighted by molar-refractivity contribution is 7.91. The molecule has 0 N–H and O–H groups in total. The number of carbonyl (C=O) groups is 1. The molecule has 1 amide bonds. The molecule has 1 aliphatic rings. The summed E-state index contributed by atoms with van der Waals surface area (Å²) in [6.45, 7) is 2.18. The molecule has 1 fully saturated rings. The quantitative estimate of drug-likeness (QED) is 0.778. The monoisotopic (exact) mass is 407 g/mol. The smallest absolute Gasteiger partial charge is 0.263 e. The summed E-state index contributed by atoms with van der Waals surface area (Å²) in [7, 11) is -3.41. The minimum Gasteiger partial charge on any atom is -0.481 e. The van der Waals surface area contributed by atoms with E-state index in [2.05, 4.69) is 0 Å². The van der Waals surface area contributed by atoms with Crippen LogP contribution in [-0.2, 0) is 14.6 Å². The molecule has 0 aliphatic carbocycles. The highest BCUT2D eigenvalue weighted by Gasteiger charge is 2.35. The third-order valence-corrected chi connectivity index (χ3v) is 7.16. The standard InChI is InChI=1S/C20H22ClNO4S/c1-15(26-16-7-3-2-4-8-16)20(23)22-12-11-19(27(24,25)14-13-22)17-9-5-6-10-18(17)21/h2-10,15,19H,11-14H2,1H3/t15-,19-/m0/s1. The summed E-state index contributed by atoms with van der Waals surface area (Å²) < 4.78 is 31.2. The van der Waals surface area contributed by atoms with Gasteiger partial charge in [0, 0.05) is 18.1 Å². The van der Waals surface area contributed by atoms with Crippen LogP contribution < -0.4 is 4.74 Å². The Morgan fingerprint density at radius 1 is 1.11 bits per heavy atom. The first kappa shape index (κ1) is 19.7. The molecule has 0 aromatic heterocycles. The Hall–Kier alpha value is -2.05. The van der Waals surface area contributed by atoms with E-state index in [1.54, 1.807) is 48.2 Å². The van der Waals surface area contributed by atoms with Crippen LogP contribution in [0.2, 0.25) is 5.02 Å². The first-order valence-corrected chi connectivity index (χ1v) is 10.9. The molecule has 0 radical (unpaired) electrons. The Bertz CT molecular complexity index is 901. The second kappa shape index (κ2) is 8.31. The number of rotatable bonds is 4. The SMILES string of the molecule is C[C@H](Oc1ccccc1)C(=O)N1CC[C@@H](c2ccccc2Cl)S(=O)(=O)CC1. The van der Waals surface area contributed by atoms with E-state index in [1.807, 2.05) is 18.2 Å². The van der Waals surface area contributed by atoms with E-state index in [0.717, 1.165) is 0 Å². The predicted molar refractivity (Wildman–Crippen MR) is 106 cm³/mol. The number of halogens is 1. The Morgan fingerprint density at radius 3 is 2.48 bits per heavy atom. The number of ether oxygens (including phenoxy) is 1. The summed E-state index contributed by atoms with van der Waals surface area (Å²) >= 11 is 6.21. The van der Waals surface area contributed by atoms with E-state index in [9.17, 15) is 13.2 Å². The zero-order valence-corrected chi connectivity index (χ0v) is 16.6. The van der Waals surface area contributed by atoms with Crippen molar-refractivity contribution >= 4 is 27.3 Å². The third-order valence-electron chi connectivity index (χ3n) is 4.71. The number of hydrogen-bond acceptors (Lipinski definition) is 4. The maximum absolute atomic E-state index is 12.8. The molecule has 0 spiro atoms. The molecule has 27 heavy (non-hydrogen) atoms. The highest BCUT2D eigenvalue weighted by atomic mass is 35.5. The lowest BCUT2D eigenvalue weighted by molar-refractivity contribution is -0.137. The van der Waals surface area contributed by atoms with Gasteiger partial charge in [-0.1, -0.05) is 48.0 Å². The van der Waals surface area contributed by atoms with Gasteiger partial charge in [-0.25, -0.2) is 8.42 Å². The van der Waals surface area contributed by atoms with Crippen LogP contribution >= 0.6 is 11.6 Å². The van der Waals surface area contributed by atoms with Crippen LogP contribution in [0, 0.1) is 0 Å². The second-order valence-electron chi connectivity index (χ2n) is 6.56. The second-order valence-corrected chi connectivity index (χ2v) is 9.27. The zero-order chi connectivity index (χ0) is 19.4. The van der Waals surface area contributed by atoms with Crippen LogP contribution in [0.1, 0.15) is 24.2 Å².